The second kappa shape index (κ2) is 8.76. The summed E-state index contributed by atoms with van der Waals surface area (Å²) in [6.07, 6.45) is 3.11. The van der Waals surface area contributed by atoms with E-state index >= 15 is 0 Å². The van der Waals surface area contributed by atoms with Crippen LogP contribution in [0.2, 0.25) is 0 Å². The van der Waals surface area contributed by atoms with Gasteiger partial charge in [0.25, 0.3) is 5.91 Å². The lowest BCUT2D eigenvalue weighted by atomic mass is 10.2. The van der Waals surface area contributed by atoms with Crippen molar-refractivity contribution in [3.05, 3.63) is 63.4 Å². The van der Waals surface area contributed by atoms with Crippen molar-refractivity contribution >= 4 is 45.0 Å². The monoisotopic (exact) mass is 483 g/mol. The summed E-state index contributed by atoms with van der Waals surface area (Å²) in [7, 11) is 0. The minimum Gasteiger partial charge on any atom is -0.394 e. The number of hydrogen-bond donors (Lipinski definition) is 2. The van der Waals surface area contributed by atoms with Crippen molar-refractivity contribution < 1.29 is 19.2 Å². The van der Waals surface area contributed by atoms with Crippen molar-refractivity contribution in [3.63, 3.8) is 0 Å². The fourth-order valence-corrected chi connectivity index (χ4v) is 4.61. The highest BCUT2D eigenvalue weighted by atomic mass is 32.1. The molecule has 1 aliphatic heterocycles. The third-order valence-electron chi connectivity index (χ3n) is 5.56. The SMILES string of the molecule is O=C(Nc1nc(N2CCC[C@H]2CO)nc2c1cnn2-c1ccc(F)cc1)c1ccc([N+](=O)[O-])s1. The summed E-state index contributed by atoms with van der Waals surface area (Å²) in [5.74, 6) is -0.464. The zero-order valence-corrected chi connectivity index (χ0v) is 18.4. The van der Waals surface area contributed by atoms with Gasteiger partial charge in [0.05, 0.1) is 39.7 Å². The molecule has 1 saturated heterocycles. The normalized spacial score (nSPS) is 15.7. The fourth-order valence-electron chi connectivity index (χ4n) is 3.90. The molecule has 3 aromatic heterocycles. The van der Waals surface area contributed by atoms with Crippen LogP contribution >= 0.6 is 11.3 Å². The maximum atomic E-state index is 13.4. The summed E-state index contributed by atoms with van der Waals surface area (Å²) < 4.78 is 14.9. The van der Waals surface area contributed by atoms with Gasteiger partial charge >= 0.3 is 5.00 Å². The van der Waals surface area contributed by atoms with Gasteiger partial charge in [0.1, 0.15) is 11.6 Å². The predicted octanol–water partition coefficient (Wildman–Crippen LogP) is 3.14. The Balaban J connectivity index is 1.59. The van der Waals surface area contributed by atoms with Crippen LogP contribution in [0.25, 0.3) is 16.7 Å². The Morgan fingerprint density at radius 3 is 2.76 bits per heavy atom. The molecule has 1 atom stereocenters. The molecule has 0 unspecified atom stereocenters. The van der Waals surface area contributed by atoms with E-state index in [0.29, 0.717) is 29.2 Å². The highest BCUT2D eigenvalue weighted by molar-refractivity contribution is 7.17. The molecular formula is C21H18FN7O4S. The summed E-state index contributed by atoms with van der Waals surface area (Å²) >= 11 is 0.756. The summed E-state index contributed by atoms with van der Waals surface area (Å²) in [4.78, 5) is 34.5. The quantitative estimate of drug-likeness (QED) is 0.315. The first-order valence-electron chi connectivity index (χ1n) is 10.4. The van der Waals surface area contributed by atoms with Gasteiger partial charge in [-0.1, -0.05) is 11.3 Å². The number of aliphatic hydroxyl groups is 1. The molecule has 13 heteroatoms. The predicted molar refractivity (Wildman–Crippen MR) is 123 cm³/mol. The Morgan fingerprint density at radius 1 is 1.26 bits per heavy atom. The number of nitrogens with one attached hydrogen (secondary N) is 1. The van der Waals surface area contributed by atoms with Crippen LogP contribution in [0.4, 0.5) is 21.2 Å². The fraction of sp³-hybridized carbons (Fsp3) is 0.238. The average molecular weight is 483 g/mol. The molecule has 0 aliphatic carbocycles. The molecule has 0 radical (unpaired) electrons. The van der Waals surface area contributed by atoms with E-state index in [0.717, 1.165) is 24.2 Å². The molecule has 1 amide bonds. The number of aromatic nitrogens is 4. The number of thiophene rings is 1. The Labute approximate surface area is 195 Å². The van der Waals surface area contributed by atoms with Crippen molar-refractivity contribution in [2.45, 2.75) is 18.9 Å². The molecule has 0 spiro atoms. The van der Waals surface area contributed by atoms with Crippen molar-refractivity contribution in [2.24, 2.45) is 0 Å². The second-order valence-corrected chi connectivity index (χ2v) is 8.73. The number of anilines is 2. The molecule has 11 nitrogen and oxygen atoms in total. The van der Waals surface area contributed by atoms with Gasteiger partial charge in [-0.3, -0.25) is 14.9 Å². The molecule has 4 heterocycles. The lowest BCUT2D eigenvalue weighted by Crippen LogP contribution is -2.33. The number of carbonyl (C=O) groups excluding carboxylic acids is 1. The number of rotatable bonds is 6. The molecule has 174 valence electrons. The van der Waals surface area contributed by atoms with E-state index < -0.39 is 16.6 Å². The van der Waals surface area contributed by atoms with Crippen LogP contribution in [0.3, 0.4) is 0 Å². The maximum Gasteiger partial charge on any atom is 0.324 e. The summed E-state index contributed by atoms with van der Waals surface area (Å²) in [5, 5.41) is 28.1. The van der Waals surface area contributed by atoms with Crippen molar-refractivity contribution in [1.29, 1.82) is 0 Å². The zero-order valence-electron chi connectivity index (χ0n) is 17.6. The van der Waals surface area contributed by atoms with Crippen molar-refractivity contribution in [3.8, 4) is 5.69 Å². The highest BCUT2D eigenvalue weighted by Crippen LogP contribution is 2.30. The van der Waals surface area contributed by atoms with E-state index in [1.165, 1.54) is 35.1 Å². The molecule has 1 aromatic carbocycles. The van der Waals surface area contributed by atoms with Gasteiger partial charge < -0.3 is 15.3 Å². The van der Waals surface area contributed by atoms with Crippen LogP contribution in [0.15, 0.2) is 42.6 Å². The highest BCUT2D eigenvalue weighted by Gasteiger charge is 2.28. The first-order valence-corrected chi connectivity index (χ1v) is 11.2. The summed E-state index contributed by atoms with van der Waals surface area (Å²) in [5.41, 5.74) is 0.944. The number of hydrogen-bond acceptors (Lipinski definition) is 9. The van der Waals surface area contributed by atoms with Gasteiger partial charge in [-0.15, -0.1) is 0 Å². The van der Waals surface area contributed by atoms with Crippen molar-refractivity contribution in [2.75, 3.05) is 23.4 Å². The number of carbonyl (C=O) groups is 1. The van der Waals surface area contributed by atoms with Gasteiger partial charge in [-0.25, -0.2) is 9.07 Å². The molecule has 0 bridgehead atoms. The van der Waals surface area contributed by atoms with Gasteiger partial charge in [0.15, 0.2) is 5.65 Å². The van der Waals surface area contributed by atoms with E-state index in [2.05, 4.69) is 20.4 Å². The molecule has 34 heavy (non-hydrogen) atoms. The van der Waals surface area contributed by atoms with Gasteiger partial charge in [-0.05, 0) is 43.2 Å². The molecular weight excluding hydrogens is 465 g/mol. The van der Waals surface area contributed by atoms with Crippen LogP contribution in [-0.4, -0.2) is 54.9 Å². The minimum atomic E-state index is -0.558. The van der Waals surface area contributed by atoms with Crippen molar-refractivity contribution in [1.82, 2.24) is 19.7 Å². The Morgan fingerprint density at radius 2 is 2.06 bits per heavy atom. The molecule has 4 aromatic rings. The number of nitro groups is 1. The van der Waals surface area contributed by atoms with E-state index in [9.17, 15) is 24.4 Å². The molecule has 0 saturated carbocycles. The summed E-state index contributed by atoms with van der Waals surface area (Å²) in [6.45, 7) is 0.561. The molecule has 5 rings (SSSR count). The van der Waals surface area contributed by atoms with Crippen LogP contribution in [0.5, 0.6) is 0 Å². The Kier molecular flexibility index (Phi) is 5.63. The first-order chi connectivity index (χ1) is 16.4. The number of fused-ring (bicyclic) bond motifs is 1. The largest absolute Gasteiger partial charge is 0.394 e. The second-order valence-electron chi connectivity index (χ2n) is 7.66. The lowest BCUT2D eigenvalue weighted by Gasteiger charge is -2.23. The van der Waals surface area contributed by atoms with E-state index in [4.69, 9.17) is 0 Å². The third-order valence-corrected chi connectivity index (χ3v) is 6.60. The third kappa shape index (κ3) is 3.95. The Bertz CT molecular complexity index is 1390. The number of nitrogens with zero attached hydrogens (tertiary/aromatic N) is 6. The van der Waals surface area contributed by atoms with Gasteiger partial charge in [0, 0.05) is 12.6 Å². The molecule has 1 aliphatic rings. The van der Waals surface area contributed by atoms with E-state index in [1.54, 1.807) is 12.1 Å². The first kappa shape index (κ1) is 21.9. The Hall–Kier alpha value is -3.97. The number of benzene rings is 1. The molecule has 1 fully saturated rings. The number of halogens is 1. The topological polar surface area (TPSA) is 139 Å². The van der Waals surface area contributed by atoms with Crippen LogP contribution in [0, 0.1) is 15.9 Å². The number of aliphatic hydroxyl groups excluding tert-OH is 1. The van der Waals surface area contributed by atoms with Crippen LogP contribution in [-0.2, 0) is 0 Å². The van der Waals surface area contributed by atoms with Crippen LogP contribution in [0.1, 0.15) is 22.5 Å². The standard InChI is InChI=1S/C21H18FN7O4S/c22-12-3-5-13(6-4-12)28-19-15(10-23-28)18(24-20(31)16-7-8-17(34-16)29(32)33)25-21(26-19)27-9-1-2-14(27)11-30/h3-8,10,14,30H,1-2,9,11H2,(H,24,25,26,31)/t14-/m0/s1. The lowest BCUT2D eigenvalue weighted by molar-refractivity contribution is -0.380. The van der Waals surface area contributed by atoms with Gasteiger partial charge in [0.2, 0.25) is 5.95 Å². The van der Waals surface area contributed by atoms with Crippen LogP contribution < -0.4 is 10.2 Å². The maximum absolute atomic E-state index is 13.4. The summed E-state index contributed by atoms with van der Waals surface area (Å²) in [6, 6.07) is 8.20. The van der Waals surface area contributed by atoms with E-state index in [1.807, 2.05) is 4.90 Å². The van der Waals surface area contributed by atoms with E-state index in [-0.39, 0.29) is 28.3 Å². The molecule has 2 N–H and O–H groups in total. The number of amides is 1. The average Bonchev–Trinajstić information content (AvgIpc) is 3.58. The van der Waals surface area contributed by atoms with Gasteiger partial charge in [-0.2, -0.15) is 15.1 Å². The smallest absolute Gasteiger partial charge is 0.324 e. The zero-order chi connectivity index (χ0) is 23.8. The minimum absolute atomic E-state index is 0.0703.